The maximum Gasteiger partial charge on any atom is 0.331 e. The molecule has 1 aromatic rings. The third kappa shape index (κ3) is 10.3. The Bertz CT molecular complexity index is 717. The van der Waals surface area contributed by atoms with E-state index < -0.39 is 0 Å². The van der Waals surface area contributed by atoms with E-state index in [-0.39, 0.29) is 17.0 Å². The summed E-state index contributed by atoms with van der Waals surface area (Å²) in [6.07, 6.45) is 17.4. The second-order valence-electron chi connectivity index (χ2n) is 10.6. The van der Waals surface area contributed by atoms with Crippen LogP contribution in [0.25, 0.3) is 0 Å². The standard InChI is InChI=1S/C29H56N2O4/c1-6-28(7-2,18-12-11-15-21-32)19-13-16-22-35-23-17-14-20-29(8-3,9-4)25-31-26(33)24-30(10-5)27(31)34/h24,32-33H,6-23,25H2,1-5H3. The second-order valence-corrected chi connectivity index (χ2v) is 10.6. The highest BCUT2D eigenvalue weighted by molar-refractivity contribution is 5.06. The van der Waals surface area contributed by atoms with E-state index in [1.165, 1.54) is 38.5 Å². The maximum atomic E-state index is 12.5. The summed E-state index contributed by atoms with van der Waals surface area (Å²) in [5, 5.41) is 19.3. The lowest BCUT2D eigenvalue weighted by molar-refractivity contribution is 0.112. The first-order chi connectivity index (χ1) is 16.9. The van der Waals surface area contributed by atoms with Crippen molar-refractivity contribution in [2.75, 3.05) is 19.8 Å². The summed E-state index contributed by atoms with van der Waals surface area (Å²) in [5.74, 6) is 0.0757. The zero-order valence-electron chi connectivity index (χ0n) is 23.6. The molecule has 0 aliphatic carbocycles. The van der Waals surface area contributed by atoms with E-state index in [0.717, 1.165) is 64.6 Å². The SMILES string of the molecule is CCn1cc(O)n(CC(CC)(CC)CCCCOCCCCC(CC)(CC)CCCCCO)c1=O. The van der Waals surface area contributed by atoms with E-state index in [4.69, 9.17) is 9.84 Å². The van der Waals surface area contributed by atoms with Crippen LogP contribution in [0.3, 0.4) is 0 Å². The molecule has 0 amide bonds. The van der Waals surface area contributed by atoms with Gasteiger partial charge >= 0.3 is 5.69 Å². The molecule has 6 heteroatoms. The van der Waals surface area contributed by atoms with E-state index in [1.807, 2.05) is 6.92 Å². The lowest BCUT2D eigenvalue weighted by atomic mass is 9.74. The van der Waals surface area contributed by atoms with Crippen LogP contribution < -0.4 is 5.69 Å². The highest BCUT2D eigenvalue weighted by Gasteiger charge is 2.28. The van der Waals surface area contributed by atoms with Crippen molar-refractivity contribution in [3.05, 3.63) is 16.7 Å². The number of aliphatic hydroxyl groups excluding tert-OH is 1. The maximum absolute atomic E-state index is 12.5. The number of aliphatic hydroxyl groups is 1. The Morgan fingerprint density at radius 2 is 1.29 bits per heavy atom. The minimum Gasteiger partial charge on any atom is -0.493 e. The van der Waals surface area contributed by atoms with Crippen molar-refractivity contribution >= 4 is 0 Å². The van der Waals surface area contributed by atoms with Crippen molar-refractivity contribution < 1.29 is 14.9 Å². The summed E-state index contributed by atoms with van der Waals surface area (Å²) < 4.78 is 9.08. The fraction of sp³-hybridized carbons (Fsp3) is 0.897. The number of unbranched alkanes of at least 4 members (excludes halogenated alkanes) is 4. The first kappa shape index (κ1) is 31.8. The first-order valence-corrected chi connectivity index (χ1v) is 14.5. The van der Waals surface area contributed by atoms with E-state index in [2.05, 4.69) is 27.7 Å². The fourth-order valence-corrected chi connectivity index (χ4v) is 5.52. The van der Waals surface area contributed by atoms with Crippen LogP contribution in [-0.4, -0.2) is 39.2 Å². The molecule has 0 unspecified atom stereocenters. The number of hydrogen-bond donors (Lipinski definition) is 2. The van der Waals surface area contributed by atoms with Crippen molar-refractivity contribution in [1.82, 2.24) is 9.13 Å². The molecule has 0 spiro atoms. The van der Waals surface area contributed by atoms with Gasteiger partial charge < -0.3 is 14.9 Å². The largest absolute Gasteiger partial charge is 0.493 e. The van der Waals surface area contributed by atoms with Crippen LogP contribution in [0.5, 0.6) is 5.88 Å². The van der Waals surface area contributed by atoms with Gasteiger partial charge in [0, 0.05) is 32.9 Å². The molecule has 1 heterocycles. The molecular formula is C29H56N2O4. The Morgan fingerprint density at radius 1 is 0.771 bits per heavy atom. The van der Waals surface area contributed by atoms with Gasteiger partial charge in [0.1, 0.15) is 0 Å². The summed E-state index contributed by atoms with van der Waals surface area (Å²) in [6, 6.07) is 0. The normalized spacial score (nSPS) is 12.5. The number of aromatic nitrogens is 2. The number of hydrogen-bond acceptors (Lipinski definition) is 4. The van der Waals surface area contributed by atoms with Gasteiger partial charge in [0.15, 0.2) is 0 Å². The predicted octanol–water partition coefficient (Wildman–Crippen LogP) is 6.90. The lowest BCUT2D eigenvalue weighted by Crippen LogP contribution is -2.32. The first-order valence-electron chi connectivity index (χ1n) is 14.5. The van der Waals surface area contributed by atoms with Crippen molar-refractivity contribution in [2.45, 2.75) is 138 Å². The Balaban J connectivity index is 2.34. The summed E-state index contributed by atoms with van der Waals surface area (Å²) in [5.41, 5.74) is 0.385. The Hall–Kier alpha value is -1.27. The van der Waals surface area contributed by atoms with Crippen molar-refractivity contribution in [2.24, 2.45) is 10.8 Å². The van der Waals surface area contributed by atoms with Gasteiger partial charge in [0.25, 0.3) is 0 Å². The van der Waals surface area contributed by atoms with E-state index in [1.54, 1.807) is 15.3 Å². The lowest BCUT2D eigenvalue weighted by Gasteiger charge is -2.32. The van der Waals surface area contributed by atoms with Crippen molar-refractivity contribution in [3.63, 3.8) is 0 Å². The van der Waals surface area contributed by atoms with Gasteiger partial charge in [-0.2, -0.15) is 0 Å². The summed E-state index contributed by atoms with van der Waals surface area (Å²) in [7, 11) is 0. The monoisotopic (exact) mass is 496 g/mol. The van der Waals surface area contributed by atoms with Crippen LogP contribution in [-0.2, 0) is 17.8 Å². The highest BCUT2D eigenvalue weighted by Crippen LogP contribution is 2.38. The molecule has 0 fully saturated rings. The van der Waals surface area contributed by atoms with Gasteiger partial charge in [0.05, 0.1) is 6.20 Å². The molecule has 1 rings (SSSR count). The Kier molecular flexibility index (Phi) is 15.6. The zero-order chi connectivity index (χ0) is 26.2. The number of aromatic hydroxyl groups is 1. The van der Waals surface area contributed by atoms with Gasteiger partial charge in [-0.25, -0.2) is 4.79 Å². The Morgan fingerprint density at radius 3 is 1.74 bits per heavy atom. The van der Waals surface area contributed by atoms with E-state index in [9.17, 15) is 9.90 Å². The van der Waals surface area contributed by atoms with Gasteiger partial charge in [-0.05, 0) is 69.1 Å². The smallest absolute Gasteiger partial charge is 0.331 e. The molecule has 0 atom stereocenters. The average Bonchev–Trinajstić information content (AvgIpc) is 3.15. The highest BCUT2D eigenvalue weighted by atomic mass is 16.5. The quantitative estimate of drug-likeness (QED) is 0.171. The topological polar surface area (TPSA) is 76.6 Å². The van der Waals surface area contributed by atoms with E-state index in [0.29, 0.717) is 25.1 Å². The van der Waals surface area contributed by atoms with Crippen LogP contribution >= 0.6 is 0 Å². The molecule has 0 radical (unpaired) electrons. The van der Waals surface area contributed by atoms with Crippen LogP contribution in [0.2, 0.25) is 0 Å². The second kappa shape index (κ2) is 17.2. The molecule has 206 valence electrons. The van der Waals surface area contributed by atoms with E-state index >= 15 is 0 Å². The molecule has 0 saturated heterocycles. The van der Waals surface area contributed by atoms with Crippen LogP contribution in [0.1, 0.15) is 125 Å². The molecule has 0 aromatic carbocycles. The average molecular weight is 497 g/mol. The van der Waals surface area contributed by atoms with Crippen LogP contribution in [0, 0.1) is 10.8 Å². The molecule has 0 aliphatic rings. The summed E-state index contributed by atoms with van der Waals surface area (Å²) in [4.78, 5) is 12.5. The molecule has 0 bridgehead atoms. The fourth-order valence-electron chi connectivity index (χ4n) is 5.52. The van der Waals surface area contributed by atoms with Gasteiger partial charge in [-0.15, -0.1) is 0 Å². The molecule has 2 N–H and O–H groups in total. The number of ether oxygens (including phenoxy) is 1. The van der Waals surface area contributed by atoms with Crippen molar-refractivity contribution in [3.8, 4) is 5.88 Å². The molecule has 6 nitrogen and oxygen atoms in total. The predicted molar refractivity (Wildman–Crippen MR) is 146 cm³/mol. The third-order valence-electron chi connectivity index (χ3n) is 8.72. The summed E-state index contributed by atoms with van der Waals surface area (Å²) in [6.45, 7) is 14.1. The number of imidazole rings is 1. The van der Waals surface area contributed by atoms with Gasteiger partial charge in [-0.1, -0.05) is 66.2 Å². The molecular weight excluding hydrogens is 440 g/mol. The third-order valence-corrected chi connectivity index (χ3v) is 8.72. The molecule has 1 aromatic heterocycles. The molecule has 0 saturated carbocycles. The minimum absolute atomic E-state index is 0.0298. The minimum atomic E-state index is -0.111. The molecule has 35 heavy (non-hydrogen) atoms. The van der Waals surface area contributed by atoms with Gasteiger partial charge in [0.2, 0.25) is 5.88 Å². The number of rotatable bonds is 22. The van der Waals surface area contributed by atoms with Crippen molar-refractivity contribution in [1.29, 1.82) is 0 Å². The summed E-state index contributed by atoms with van der Waals surface area (Å²) >= 11 is 0. The number of aryl methyl sites for hydroxylation is 1. The Labute approximate surface area is 215 Å². The zero-order valence-corrected chi connectivity index (χ0v) is 23.6. The van der Waals surface area contributed by atoms with Gasteiger partial charge in [-0.3, -0.25) is 9.13 Å². The number of nitrogens with zero attached hydrogens (tertiary/aromatic N) is 2. The molecule has 0 aliphatic heterocycles. The van der Waals surface area contributed by atoms with Crippen LogP contribution in [0.4, 0.5) is 0 Å². The van der Waals surface area contributed by atoms with Crippen LogP contribution in [0.15, 0.2) is 11.0 Å².